The van der Waals surface area contributed by atoms with Gasteiger partial charge in [-0.15, -0.1) is 0 Å². The van der Waals surface area contributed by atoms with Crippen LogP contribution in [0.25, 0.3) is 11.2 Å². The molecular formula is C23H31N5O5. The molecule has 2 N–H and O–H groups in total. The molecule has 1 aromatic carbocycles. The van der Waals surface area contributed by atoms with Gasteiger partial charge >= 0.3 is 5.69 Å². The summed E-state index contributed by atoms with van der Waals surface area (Å²) in [7, 11) is 3.06. The van der Waals surface area contributed by atoms with Gasteiger partial charge in [-0.25, -0.2) is 9.78 Å². The number of aliphatic hydroxyl groups excluding tert-OH is 1. The Morgan fingerprint density at radius 3 is 2.52 bits per heavy atom. The Labute approximate surface area is 191 Å². The van der Waals surface area contributed by atoms with Crippen molar-refractivity contribution in [3.63, 3.8) is 0 Å². The topological polar surface area (TPSA) is 113 Å². The maximum absolute atomic E-state index is 12.4. The van der Waals surface area contributed by atoms with E-state index in [1.807, 2.05) is 31.2 Å². The van der Waals surface area contributed by atoms with Crippen LogP contribution in [0.15, 0.2) is 52.3 Å². The zero-order chi connectivity index (χ0) is 23.8. The summed E-state index contributed by atoms with van der Waals surface area (Å²) in [6, 6.07) is 7.27. The SMILES string of the molecule is C/C=C/COc1ccc(OCC(O)CNCCCn2cnc3c2c(=O)n(C)c(=O)n3C)cc1. The summed E-state index contributed by atoms with van der Waals surface area (Å²) in [5.74, 6) is 1.42. The predicted octanol–water partition coefficient (Wildman–Crippen LogP) is 0.808. The quantitative estimate of drug-likeness (QED) is 0.306. The summed E-state index contributed by atoms with van der Waals surface area (Å²) in [5, 5.41) is 13.3. The second-order valence-corrected chi connectivity index (χ2v) is 7.69. The van der Waals surface area contributed by atoms with Crippen molar-refractivity contribution in [2.45, 2.75) is 26.0 Å². The van der Waals surface area contributed by atoms with Crippen LogP contribution in [0.4, 0.5) is 0 Å². The van der Waals surface area contributed by atoms with Crippen LogP contribution in [-0.2, 0) is 20.6 Å². The van der Waals surface area contributed by atoms with E-state index in [9.17, 15) is 14.7 Å². The van der Waals surface area contributed by atoms with Crippen LogP contribution in [-0.4, -0.2) is 56.2 Å². The molecule has 0 saturated heterocycles. The lowest BCUT2D eigenvalue weighted by Gasteiger charge is -2.14. The number of benzene rings is 1. The second-order valence-electron chi connectivity index (χ2n) is 7.69. The summed E-state index contributed by atoms with van der Waals surface area (Å²) in [5.41, 5.74) is 0.0279. The molecule has 2 heterocycles. The zero-order valence-electron chi connectivity index (χ0n) is 19.2. The van der Waals surface area contributed by atoms with Crippen LogP contribution in [0, 0.1) is 0 Å². The van der Waals surface area contributed by atoms with E-state index in [0.29, 0.717) is 43.2 Å². The lowest BCUT2D eigenvalue weighted by Crippen LogP contribution is -2.37. The molecule has 0 fully saturated rings. The third-order valence-corrected chi connectivity index (χ3v) is 5.20. The summed E-state index contributed by atoms with van der Waals surface area (Å²) < 4.78 is 15.4. The molecule has 1 atom stereocenters. The fraction of sp³-hybridized carbons (Fsp3) is 0.435. The van der Waals surface area contributed by atoms with E-state index < -0.39 is 11.8 Å². The van der Waals surface area contributed by atoms with Crippen molar-refractivity contribution in [1.29, 1.82) is 0 Å². The largest absolute Gasteiger partial charge is 0.491 e. The molecule has 178 valence electrons. The molecule has 0 spiro atoms. The molecule has 3 rings (SSSR count). The first-order valence-electron chi connectivity index (χ1n) is 10.9. The molecule has 33 heavy (non-hydrogen) atoms. The van der Waals surface area contributed by atoms with E-state index in [4.69, 9.17) is 9.47 Å². The van der Waals surface area contributed by atoms with Crippen LogP contribution >= 0.6 is 0 Å². The fourth-order valence-corrected chi connectivity index (χ4v) is 3.33. The zero-order valence-corrected chi connectivity index (χ0v) is 19.2. The maximum Gasteiger partial charge on any atom is 0.332 e. The van der Waals surface area contributed by atoms with E-state index in [2.05, 4.69) is 10.3 Å². The number of aromatic nitrogens is 4. The maximum atomic E-state index is 12.4. The Bertz CT molecular complexity index is 1190. The molecule has 0 bridgehead atoms. The van der Waals surface area contributed by atoms with Crippen LogP contribution < -0.4 is 26.0 Å². The highest BCUT2D eigenvalue weighted by molar-refractivity contribution is 5.69. The van der Waals surface area contributed by atoms with Gasteiger partial charge < -0.3 is 24.5 Å². The van der Waals surface area contributed by atoms with Gasteiger partial charge in [0.1, 0.15) is 30.8 Å². The van der Waals surface area contributed by atoms with E-state index in [-0.39, 0.29) is 12.2 Å². The van der Waals surface area contributed by atoms with Crippen molar-refractivity contribution >= 4 is 11.2 Å². The highest BCUT2D eigenvalue weighted by atomic mass is 16.5. The molecule has 0 aliphatic heterocycles. The molecule has 2 aromatic heterocycles. The van der Waals surface area contributed by atoms with Gasteiger partial charge in [-0.3, -0.25) is 13.9 Å². The number of aryl methyl sites for hydroxylation is 2. The molecule has 0 aliphatic rings. The van der Waals surface area contributed by atoms with Crippen molar-refractivity contribution in [1.82, 2.24) is 24.0 Å². The molecule has 0 radical (unpaired) electrons. The highest BCUT2D eigenvalue weighted by Gasteiger charge is 2.14. The predicted molar refractivity (Wildman–Crippen MR) is 126 cm³/mol. The monoisotopic (exact) mass is 457 g/mol. The third-order valence-electron chi connectivity index (χ3n) is 5.20. The van der Waals surface area contributed by atoms with Crippen molar-refractivity contribution in [3.8, 4) is 11.5 Å². The highest BCUT2D eigenvalue weighted by Crippen LogP contribution is 2.17. The van der Waals surface area contributed by atoms with Gasteiger partial charge in [0.2, 0.25) is 0 Å². The van der Waals surface area contributed by atoms with E-state index >= 15 is 0 Å². The van der Waals surface area contributed by atoms with Gasteiger partial charge in [0.05, 0.1) is 6.33 Å². The standard InChI is InChI=1S/C23H31N5O5/c1-4-5-13-32-18-7-9-19(10-8-18)33-15-17(29)14-24-11-6-12-28-16-25-21-20(28)22(30)27(3)23(31)26(21)2/h4-5,7-10,16-17,24,29H,6,11-15H2,1-3H3/b5-4+. The number of hydrogen-bond donors (Lipinski definition) is 2. The molecule has 0 saturated carbocycles. The Kier molecular flexibility index (Phi) is 8.45. The Hall–Kier alpha value is -3.37. The number of aliphatic hydroxyl groups is 1. The van der Waals surface area contributed by atoms with Crippen LogP contribution in [0.3, 0.4) is 0 Å². The molecule has 10 nitrogen and oxygen atoms in total. The van der Waals surface area contributed by atoms with Crippen molar-refractivity contribution in [3.05, 3.63) is 63.6 Å². The average Bonchev–Trinajstić information content (AvgIpc) is 3.25. The van der Waals surface area contributed by atoms with Crippen molar-refractivity contribution in [2.24, 2.45) is 14.1 Å². The molecule has 1 unspecified atom stereocenters. The van der Waals surface area contributed by atoms with E-state index in [1.54, 1.807) is 30.1 Å². The Morgan fingerprint density at radius 2 is 1.82 bits per heavy atom. The van der Waals surface area contributed by atoms with Crippen LogP contribution in [0.1, 0.15) is 13.3 Å². The van der Waals surface area contributed by atoms with Gasteiger partial charge in [-0.1, -0.05) is 12.2 Å². The van der Waals surface area contributed by atoms with Gasteiger partial charge in [-0.05, 0) is 44.2 Å². The molecule has 3 aromatic rings. The third kappa shape index (κ3) is 6.11. The Morgan fingerprint density at radius 1 is 1.12 bits per heavy atom. The Balaban J connectivity index is 1.39. The van der Waals surface area contributed by atoms with Crippen LogP contribution in [0.2, 0.25) is 0 Å². The molecule has 0 aliphatic carbocycles. The van der Waals surface area contributed by atoms with Gasteiger partial charge in [0.25, 0.3) is 5.56 Å². The second kappa shape index (κ2) is 11.5. The molecule has 10 heteroatoms. The molecular weight excluding hydrogens is 426 g/mol. The van der Waals surface area contributed by atoms with Gasteiger partial charge in [0, 0.05) is 27.2 Å². The number of ether oxygens (including phenoxy) is 2. The lowest BCUT2D eigenvalue weighted by molar-refractivity contribution is 0.106. The van der Waals surface area contributed by atoms with E-state index in [1.165, 1.54) is 11.6 Å². The number of imidazole rings is 1. The minimum Gasteiger partial charge on any atom is -0.491 e. The first kappa shape index (κ1) is 24.3. The number of rotatable bonds is 12. The lowest BCUT2D eigenvalue weighted by atomic mass is 10.3. The number of allylic oxidation sites excluding steroid dienone is 1. The minimum absolute atomic E-state index is 0.169. The smallest absolute Gasteiger partial charge is 0.332 e. The first-order chi connectivity index (χ1) is 15.9. The summed E-state index contributed by atoms with van der Waals surface area (Å²) in [6.45, 7) is 4.21. The van der Waals surface area contributed by atoms with E-state index in [0.717, 1.165) is 16.7 Å². The fourth-order valence-electron chi connectivity index (χ4n) is 3.33. The van der Waals surface area contributed by atoms with Crippen molar-refractivity contribution < 1.29 is 14.6 Å². The first-order valence-corrected chi connectivity index (χ1v) is 10.9. The number of fused-ring (bicyclic) bond motifs is 1. The van der Waals surface area contributed by atoms with Gasteiger partial charge in [0.15, 0.2) is 11.2 Å². The van der Waals surface area contributed by atoms with Crippen molar-refractivity contribution in [2.75, 3.05) is 26.3 Å². The van der Waals surface area contributed by atoms with Crippen LogP contribution in [0.5, 0.6) is 11.5 Å². The number of nitrogens with one attached hydrogen (secondary N) is 1. The summed E-state index contributed by atoms with van der Waals surface area (Å²) in [4.78, 5) is 28.7. The number of nitrogens with zero attached hydrogens (tertiary/aromatic N) is 4. The minimum atomic E-state index is -0.661. The summed E-state index contributed by atoms with van der Waals surface area (Å²) in [6.07, 6.45) is 5.49. The average molecular weight is 458 g/mol. The normalized spacial score (nSPS) is 12.5. The number of hydrogen-bond acceptors (Lipinski definition) is 7. The molecule has 0 amide bonds. The van der Waals surface area contributed by atoms with Gasteiger partial charge in [-0.2, -0.15) is 0 Å². The summed E-state index contributed by atoms with van der Waals surface area (Å²) >= 11 is 0.